The molecule has 0 unspecified atom stereocenters. The molecule has 0 bridgehead atoms. The van der Waals surface area contributed by atoms with Crippen LogP contribution in [0.15, 0.2) is 30.3 Å². The SMILES string of the molecule is Fc1ccccc1-c1cc2c(s1)CNCC21CC1. The summed E-state index contributed by atoms with van der Waals surface area (Å²) in [5, 5.41) is 3.49. The topological polar surface area (TPSA) is 12.0 Å². The predicted octanol–water partition coefficient (Wildman–Crippen LogP) is 3.69. The monoisotopic (exact) mass is 259 g/mol. The van der Waals surface area contributed by atoms with Gasteiger partial charge in [-0.2, -0.15) is 0 Å². The molecule has 3 heteroatoms. The van der Waals surface area contributed by atoms with Gasteiger partial charge in [-0.3, -0.25) is 0 Å². The minimum Gasteiger partial charge on any atom is -0.311 e. The zero-order valence-corrected chi connectivity index (χ0v) is 10.8. The first-order chi connectivity index (χ1) is 8.78. The summed E-state index contributed by atoms with van der Waals surface area (Å²) in [4.78, 5) is 2.48. The molecule has 0 radical (unpaired) electrons. The van der Waals surface area contributed by atoms with E-state index in [1.807, 2.05) is 12.1 Å². The van der Waals surface area contributed by atoms with Gasteiger partial charge in [0, 0.05) is 33.8 Å². The first kappa shape index (κ1) is 10.7. The molecule has 18 heavy (non-hydrogen) atoms. The van der Waals surface area contributed by atoms with E-state index < -0.39 is 0 Å². The largest absolute Gasteiger partial charge is 0.311 e. The van der Waals surface area contributed by atoms with Crippen LogP contribution in [0.4, 0.5) is 4.39 Å². The Bertz CT molecular complexity index is 613. The van der Waals surface area contributed by atoms with Gasteiger partial charge >= 0.3 is 0 Å². The molecule has 1 aliphatic heterocycles. The maximum atomic E-state index is 13.8. The molecule has 0 amide bonds. The molecule has 1 spiro atoms. The molecule has 1 aromatic carbocycles. The molecule has 1 aliphatic carbocycles. The van der Waals surface area contributed by atoms with Crippen LogP contribution in [0.3, 0.4) is 0 Å². The van der Waals surface area contributed by atoms with Crippen molar-refractivity contribution in [2.24, 2.45) is 0 Å². The van der Waals surface area contributed by atoms with Gasteiger partial charge in [0.1, 0.15) is 5.82 Å². The zero-order chi connectivity index (χ0) is 12.2. The summed E-state index contributed by atoms with van der Waals surface area (Å²) in [6.45, 7) is 2.03. The van der Waals surface area contributed by atoms with Crippen molar-refractivity contribution in [3.63, 3.8) is 0 Å². The Labute approximate surface area is 110 Å². The van der Waals surface area contributed by atoms with Crippen LogP contribution in [0, 0.1) is 5.82 Å². The Morgan fingerprint density at radius 2 is 2.06 bits per heavy atom. The van der Waals surface area contributed by atoms with Crippen LogP contribution in [0.25, 0.3) is 10.4 Å². The molecule has 2 aromatic rings. The molecule has 1 aromatic heterocycles. The number of hydrogen-bond donors (Lipinski definition) is 1. The molecule has 2 aliphatic rings. The van der Waals surface area contributed by atoms with Crippen molar-refractivity contribution in [3.8, 4) is 10.4 Å². The summed E-state index contributed by atoms with van der Waals surface area (Å²) in [7, 11) is 0. The molecular weight excluding hydrogens is 245 g/mol. The second kappa shape index (κ2) is 3.65. The van der Waals surface area contributed by atoms with Gasteiger partial charge in [-0.15, -0.1) is 11.3 Å². The van der Waals surface area contributed by atoms with Gasteiger partial charge < -0.3 is 5.32 Å². The second-order valence-electron chi connectivity index (χ2n) is 5.31. The van der Waals surface area contributed by atoms with Crippen molar-refractivity contribution < 1.29 is 4.39 Å². The lowest BCUT2D eigenvalue weighted by Crippen LogP contribution is -2.31. The lowest BCUT2D eigenvalue weighted by molar-refractivity contribution is 0.539. The molecule has 0 saturated heterocycles. The van der Waals surface area contributed by atoms with Gasteiger partial charge in [-0.05, 0) is 30.5 Å². The Kier molecular flexibility index (Phi) is 2.17. The first-order valence-corrected chi connectivity index (χ1v) is 7.19. The van der Waals surface area contributed by atoms with E-state index in [4.69, 9.17) is 0 Å². The zero-order valence-electron chi connectivity index (χ0n) is 10.0. The summed E-state index contributed by atoms with van der Waals surface area (Å²) in [6, 6.07) is 9.30. The third kappa shape index (κ3) is 1.47. The number of halogens is 1. The van der Waals surface area contributed by atoms with E-state index in [-0.39, 0.29) is 5.82 Å². The molecule has 0 atom stereocenters. The Balaban J connectivity index is 1.85. The van der Waals surface area contributed by atoms with Crippen LogP contribution >= 0.6 is 11.3 Å². The predicted molar refractivity (Wildman–Crippen MR) is 72.3 cm³/mol. The van der Waals surface area contributed by atoms with Crippen LogP contribution in [-0.2, 0) is 12.0 Å². The van der Waals surface area contributed by atoms with Crippen LogP contribution < -0.4 is 5.32 Å². The minimum atomic E-state index is -0.117. The molecule has 1 fully saturated rings. The number of benzene rings is 1. The van der Waals surface area contributed by atoms with Gasteiger partial charge in [0.25, 0.3) is 0 Å². The van der Waals surface area contributed by atoms with Crippen molar-refractivity contribution >= 4 is 11.3 Å². The standard InChI is InChI=1S/C15H14FNS/c16-12-4-2-1-3-10(12)13-7-11-14(18-13)8-17-9-15(11)5-6-15/h1-4,7,17H,5-6,8-9H2. The summed E-state index contributed by atoms with van der Waals surface area (Å²) in [5.74, 6) is -0.117. The van der Waals surface area contributed by atoms with Crippen LogP contribution in [-0.4, -0.2) is 6.54 Å². The van der Waals surface area contributed by atoms with Crippen molar-refractivity contribution in [2.45, 2.75) is 24.8 Å². The highest BCUT2D eigenvalue weighted by Crippen LogP contribution is 2.53. The second-order valence-corrected chi connectivity index (χ2v) is 6.45. The third-order valence-corrected chi connectivity index (χ3v) is 5.29. The summed E-state index contributed by atoms with van der Waals surface area (Å²) >= 11 is 1.74. The summed E-state index contributed by atoms with van der Waals surface area (Å²) in [5.41, 5.74) is 2.60. The number of nitrogens with one attached hydrogen (secondary N) is 1. The van der Waals surface area contributed by atoms with E-state index in [0.29, 0.717) is 5.41 Å². The Morgan fingerprint density at radius 1 is 1.22 bits per heavy atom. The van der Waals surface area contributed by atoms with Gasteiger partial charge in [-0.25, -0.2) is 4.39 Å². The smallest absolute Gasteiger partial charge is 0.131 e. The molecule has 1 nitrogen and oxygen atoms in total. The van der Waals surface area contributed by atoms with E-state index in [1.54, 1.807) is 23.5 Å². The molecule has 1 saturated carbocycles. The average molecular weight is 259 g/mol. The van der Waals surface area contributed by atoms with Crippen molar-refractivity contribution in [1.29, 1.82) is 0 Å². The lowest BCUT2D eigenvalue weighted by atomic mass is 9.93. The van der Waals surface area contributed by atoms with E-state index in [0.717, 1.165) is 23.5 Å². The normalized spacial score (nSPS) is 19.8. The fraction of sp³-hybridized carbons (Fsp3) is 0.333. The highest BCUT2D eigenvalue weighted by atomic mass is 32.1. The van der Waals surface area contributed by atoms with E-state index >= 15 is 0 Å². The maximum absolute atomic E-state index is 13.8. The van der Waals surface area contributed by atoms with Gasteiger partial charge in [0.15, 0.2) is 0 Å². The molecule has 2 heterocycles. The molecule has 1 N–H and O–H groups in total. The minimum absolute atomic E-state index is 0.117. The van der Waals surface area contributed by atoms with Gasteiger partial charge in [0.05, 0.1) is 0 Å². The fourth-order valence-electron chi connectivity index (χ4n) is 2.91. The van der Waals surface area contributed by atoms with E-state index in [2.05, 4.69) is 11.4 Å². The Morgan fingerprint density at radius 3 is 2.83 bits per heavy atom. The van der Waals surface area contributed by atoms with Gasteiger partial charge in [-0.1, -0.05) is 18.2 Å². The first-order valence-electron chi connectivity index (χ1n) is 6.37. The molecular formula is C15H14FNS. The van der Waals surface area contributed by atoms with Crippen molar-refractivity contribution in [1.82, 2.24) is 5.32 Å². The van der Waals surface area contributed by atoms with Crippen molar-refractivity contribution in [3.05, 3.63) is 46.6 Å². The van der Waals surface area contributed by atoms with E-state index in [1.165, 1.54) is 23.3 Å². The number of hydrogen-bond acceptors (Lipinski definition) is 2. The van der Waals surface area contributed by atoms with Crippen molar-refractivity contribution in [2.75, 3.05) is 6.54 Å². The maximum Gasteiger partial charge on any atom is 0.131 e. The highest BCUT2D eigenvalue weighted by molar-refractivity contribution is 7.15. The fourth-order valence-corrected chi connectivity index (χ4v) is 4.19. The van der Waals surface area contributed by atoms with Crippen LogP contribution in [0.2, 0.25) is 0 Å². The van der Waals surface area contributed by atoms with Crippen LogP contribution in [0.1, 0.15) is 23.3 Å². The highest BCUT2D eigenvalue weighted by Gasteiger charge is 2.47. The number of rotatable bonds is 1. The average Bonchev–Trinajstić information content (AvgIpc) is 3.00. The Hall–Kier alpha value is -1.19. The molecule has 4 rings (SSSR count). The van der Waals surface area contributed by atoms with Crippen LogP contribution in [0.5, 0.6) is 0 Å². The van der Waals surface area contributed by atoms with E-state index in [9.17, 15) is 4.39 Å². The quantitative estimate of drug-likeness (QED) is 0.823. The number of fused-ring (bicyclic) bond motifs is 2. The molecule has 92 valence electrons. The lowest BCUT2D eigenvalue weighted by Gasteiger charge is -2.22. The number of thiophene rings is 1. The van der Waals surface area contributed by atoms with Gasteiger partial charge in [0.2, 0.25) is 0 Å². The summed E-state index contributed by atoms with van der Waals surface area (Å²) < 4.78 is 13.8. The summed E-state index contributed by atoms with van der Waals surface area (Å²) in [6.07, 6.45) is 2.56. The third-order valence-electron chi connectivity index (χ3n) is 4.12.